The second kappa shape index (κ2) is 7.30. The summed E-state index contributed by atoms with van der Waals surface area (Å²) in [5.41, 5.74) is 1.11. The van der Waals surface area contributed by atoms with E-state index < -0.39 is 11.4 Å². The van der Waals surface area contributed by atoms with Crippen LogP contribution in [0.3, 0.4) is 0 Å². The molecule has 7 heteroatoms. The molecule has 2 fully saturated rings. The van der Waals surface area contributed by atoms with Crippen molar-refractivity contribution in [2.75, 3.05) is 37.7 Å². The molecule has 1 aromatic heterocycles. The van der Waals surface area contributed by atoms with Crippen molar-refractivity contribution in [2.45, 2.75) is 31.7 Å². The van der Waals surface area contributed by atoms with E-state index in [0.29, 0.717) is 19.6 Å². The summed E-state index contributed by atoms with van der Waals surface area (Å²) in [6.07, 6.45) is 7.44. The van der Waals surface area contributed by atoms with Crippen molar-refractivity contribution in [2.24, 2.45) is 5.41 Å². The molecular formula is C22H26N4O3. The van der Waals surface area contributed by atoms with Gasteiger partial charge < -0.3 is 14.7 Å². The van der Waals surface area contributed by atoms with Gasteiger partial charge in [0.1, 0.15) is 17.8 Å². The lowest BCUT2D eigenvalue weighted by molar-refractivity contribution is -0.151. The maximum atomic E-state index is 12.2. The van der Waals surface area contributed by atoms with Crippen LogP contribution in [0.1, 0.15) is 36.3 Å². The number of nitrogens with zero attached hydrogens (tertiary/aromatic N) is 4. The zero-order valence-corrected chi connectivity index (χ0v) is 16.5. The van der Waals surface area contributed by atoms with Crippen molar-refractivity contribution in [3.05, 3.63) is 47.8 Å². The molecule has 0 radical (unpaired) electrons. The van der Waals surface area contributed by atoms with Crippen molar-refractivity contribution >= 4 is 11.9 Å². The predicted octanol–water partition coefficient (Wildman–Crippen LogP) is 2.53. The number of hydrogen-bond donors (Lipinski definition) is 1. The van der Waals surface area contributed by atoms with Crippen LogP contribution in [0.4, 0.5) is 5.95 Å². The van der Waals surface area contributed by atoms with E-state index in [-0.39, 0.29) is 12.5 Å². The number of carboxylic acids is 1. The van der Waals surface area contributed by atoms with Gasteiger partial charge in [-0.1, -0.05) is 18.2 Å². The minimum atomic E-state index is -0.900. The lowest BCUT2D eigenvalue weighted by atomic mass is 9.73. The standard InChI is InChI=1S/C22H26N4O3/c27-20(28)22-14-25(13-18(22)17-6-2-3-7-19(17)29-15-22)12-16-10-23-21(24-11-16)26-8-4-1-5-9-26/h2-3,6-7,10-11,18H,1,4-5,8-9,12-15H2,(H,27,28)/t18-,22-/m1/s1. The summed E-state index contributed by atoms with van der Waals surface area (Å²) < 4.78 is 5.85. The van der Waals surface area contributed by atoms with Crippen molar-refractivity contribution in [1.82, 2.24) is 14.9 Å². The molecule has 1 aromatic carbocycles. The predicted molar refractivity (Wildman–Crippen MR) is 108 cm³/mol. The highest BCUT2D eigenvalue weighted by Gasteiger charge is 2.56. The molecule has 3 aliphatic heterocycles. The number of benzene rings is 1. The third kappa shape index (κ3) is 3.23. The molecule has 152 valence electrons. The molecule has 2 atom stereocenters. The molecule has 5 rings (SSSR count). The SMILES string of the molecule is O=C(O)[C@]12COc3ccccc3[C@H]1CN(Cc1cnc(N3CCCCC3)nc1)C2. The topological polar surface area (TPSA) is 78.8 Å². The first-order chi connectivity index (χ1) is 14.2. The summed E-state index contributed by atoms with van der Waals surface area (Å²) in [4.78, 5) is 25.8. The Balaban J connectivity index is 1.33. The van der Waals surface area contributed by atoms with Gasteiger partial charge in [-0.05, 0) is 30.9 Å². The largest absolute Gasteiger partial charge is 0.492 e. The zero-order chi connectivity index (χ0) is 19.8. The summed E-state index contributed by atoms with van der Waals surface area (Å²) >= 11 is 0. The van der Waals surface area contributed by atoms with Crippen LogP contribution in [-0.4, -0.2) is 58.7 Å². The van der Waals surface area contributed by atoms with Crippen LogP contribution in [0.5, 0.6) is 5.75 Å². The number of carbonyl (C=O) groups is 1. The Hall–Kier alpha value is -2.67. The molecule has 0 unspecified atom stereocenters. The molecule has 1 N–H and O–H groups in total. The van der Waals surface area contributed by atoms with Gasteiger partial charge in [0.2, 0.25) is 5.95 Å². The Kier molecular flexibility index (Phi) is 4.62. The number of aliphatic carboxylic acids is 1. The first-order valence-corrected chi connectivity index (χ1v) is 10.4. The molecule has 0 saturated carbocycles. The van der Waals surface area contributed by atoms with Gasteiger partial charge in [0.15, 0.2) is 0 Å². The van der Waals surface area contributed by atoms with Gasteiger partial charge in [-0.2, -0.15) is 0 Å². The van der Waals surface area contributed by atoms with E-state index >= 15 is 0 Å². The molecule has 2 aromatic rings. The molecule has 0 bridgehead atoms. The van der Waals surface area contributed by atoms with Gasteiger partial charge in [-0.25, -0.2) is 9.97 Å². The fourth-order valence-electron chi connectivity index (χ4n) is 5.00. The molecule has 4 heterocycles. The number of piperidine rings is 1. The third-order valence-electron chi connectivity index (χ3n) is 6.56. The number of rotatable bonds is 4. The van der Waals surface area contributed by atoms with Crippen LogP contribution in [0.25, 0.3) is 0 Å². The summed E-state index contributed by atoms with van der Waals surface area (Å²) in [5, 5.41) is 10.1. The molecule has 2 saturated heterocycles. The second-order valence-corrected chi connectivity index (χ2v) is 8.45. The highest BCUT2D eigenvalue weighted by Crippen LogP contribution is 2.49. The minimum Gasteiger partial charge on any atom is -0.492 e. The first kappa shape index (κ1) is 18.4. The lowest BCUT2D eigenvalue weighted by Gasteiger charge is -2.35. The zero-order valence-electron chi connectivity index (χ0n) is 16.5. The molecule has 3 aliphatic rings. The molecule has 29 heavy (non-hydrogen) atoms. The molecule has 0 aliphatic carbocycles. The van der Waals surface area contributed by atoms with Crippen LogP contribution in [0.2, 0.25) is 0 Å². The fourth-order valence-corrected chi connectivity index (χ4v) is 5.00. The van der Waals surface area contributed by atoms with Gasteiger partial charge in [0.25, 0.3) is 0 Å². The number of para-hydroxylation sites is 1. The highest BCUT2D eigenvalue weighted by atomic mass is 16.5. The number of fused-ring (bicyclic) bond motifs is 3. The molecule has 0 amide bonds. The summed E-state index contributed by atoms with van der Waals surface area (Å²) in [6.45, 7) is 4.07. The second-order valence-electron chi connectivity index (χ2n) is 8.45. The van der Waals surface area contributed by atoms with E-state index in [2.05, 4.69) is 19.8 Å². The van der Waals surface area contributed by atoms with Crippen molar-refractivity contribution in [3.63, 3.8) is 0 Å². The maximum absolute atomic E-state index is 12.2. The van der Waals surface area contributed by atoms with E-state index in [9.17, 15) is 9.90 Å². The van der Waals surface area contributed by atoms with Gasteiger partial charge in [0, 0.05) is 56.6 Å². The Morgan fingerprint density at radius 3 is 2.69 bits per heavy atom. The van der Waals surface area contributed by atoms with Gasteiger partial charge in [-0.3, -0.25) is 9.69 Å². The number of ether oxygens (including phenoxy) is 1. The summed E-state index contributed by atoms with van der Waals surface area (Å²) in [6, 6.07) is 7.81. The maximum Gasteiger partial charge on any atom is 0.315 e. The fraction of sp³-hybridized carbons (Fsp3) is 0.500. The lowest BCUT2D eigenvalue weighted by Crippen LogP contribution is -2.45. The van der Waals surface area contributed by atoms with Crippen LogP contribution < -0.4 is 9.64 Å². The van der Waals surface area contributed by atoms with Crippen molar-refractivity contribution < 1.29 is 14.6 Å². The number of aromatic nitrogens is 2. The number of hydrogen-bond acceptors (Lipinski definition) is 6. The van der Waals surface area contributed by atoms with Crippen molar-refractivity contribution in [1.29, 1.82) is 0 Å². The smallest absolute Gasteiger partial charge is 0.315 e. The number of likely N-dealkylation sites (tertiary alicyclic amines) is 1. The highest BCUT2D eigenvalue weighted by molar-refractivity contribution is 5.78. The average Bonchev–Trinajstić information content (AvgIpc) is 3.15. The number of carboxylic acid groups (broad SMARTS) is 1. The van der Waals surface area contributed by atoms with Crippen LogP contribution in [-0.2, 0) is 11.3 Å². The third-order valence-corrected chi connectivity index (χ3v) is 6.56. The minimum absolute atomic E-state index is 0.0708. The van der Waals surface area contributed by atoms with E-state index in [0.717, 1.165) is 35.9 Å². The van der Waals surface area contributed by atoms with E-state index in [4.69, 9.17) is 4.74 Å². The Labute approximate surface area is 170 Å². The number of anilines is 1. The van der Waals surface area contributed by atoms with Gasteiger partial charge in [0.05, 0.1) is 0 Å². The van der Waals surface area contributed by atoms with E-state index in [1.54, 1.807) is 0 Å². The van der Waals surface area contributed by atoms with Crippen LogP contribution >= 0.6 is 0 Å². The van der Waals surface area contributed by atoms with Crippen LogP contribution in [0.15, 0.2) is 36.7 Å². The Morgan fingerprint density at radius 2 is 1.93 bits per heavy atom. The van der Waals surface area contributed by atoms with Crippen LogP contribution in [0, 0.1) is 5.41 Å². The van der Waals surface area contributed by atoms with Gasteiger partial charge in [-0.15, -0.1) is 0 Å². The Morgan fingerprint density at radius 1 is 1.17 bits per heavy atom. The van der Waals surface area contributed by atoms with Gasteiger partial charge >= 0.3 is 5.97 Å². The quantitative estimate of drug-likeness (QED) is 0.854. The first-order valence-electron chi connectivity index (χ1n) is 10.4. The Bertz CT molecular complexity index is 897. The summed E-state index contributed by atoms with van der Waals surface area (Å²) in [5.74, 6) is 0.757. The summed E-state index contributed by atoms with van der Waals surface area (Å²) in [7, 11) is 0. The monoisotopic (exact) mass is 394 g/mol. The molecule has 7 nitrogen and oxygen atoms in total. The molecular weight excluding hydrogens is 368 g/mol. The normalized spacial score (nSPS) is 26.5. The molecule has 0 spiro atoms. The average molecular weight is 394 g/mol. The van der Waals surface area contributed by atoms with E-state index in [1.165, 1.54) is 19.3 Å². The van der Waals surface area contributed by atoms with Crippen molar-refractivity contribution in [3.8, 4) is 5.75 Å². The van der Waals surface area contributed by atoms with E-state index in [1.807, 2.05) is 36.7 Å².